The van der Waals surface area contributed by atoms with Crippen LogP contribution in [0.3, 0.4) is 0 Å². The summed E-state index contributed by atoms with van der Waals surface area (Å²) in [6.45, 7) is 0.362. The van der Waals surface area contributed by atoms with E-state index in [4.69, 9.17) is 4.74 Å². The number of para-hydroxylation sites is 1. The van der Waals surface area contributed by atoms with E-state index >= 15 is 0 Å². The molecule has 0 radical (unpaired) electrons. The van der Waals surface area contributed by atoms with Crippen LogP contribution in [0, 0.1) is 10.1 Å². The van der Waals surface area contributed by atoms with Crippen molar-refractivity contribution < 1.29 is 18.1 Å². The number of nitro groups is 1. The number of hydrogen-bond acceptors (Lipinski definition) is 5. The van der Waals surface area contributed by atoms with Crippen LogP contribution in [-0.4, -0.2) is 37.8 Å². The molecule has 7 nitrogen and oxygen atoms in total. The lowest BCUT2D eigenvalue weighted by atomic mass is 10.3. The average Bonchev–Trinajstić information content (AvgIpc) is 2.55. The topological polar surface area (TPSA) is 89.8 Å². The minimum Gasteiger partial charge on any atom is -0.492 e. The monoisotopic (exact) mass is 336 g/mol. The molecule has 23 heavy (non-hydrogen) atoms. The van der Waals surface area contributed by atoms with Crippen LogP contribution in [0.5, 0.6) is 5.75 Å². The van der Waals surface area contributed by atoms with Crippen LogP contribution in [0.15, 0.2) is 59.5 Å². The Morgan fingerprint density at radius 2 is 1.70 bits per heavy atom. The lowest BCUT2D eigenvalue weighted by molar-refractivity contribution is -0.384. The van der Waals surface area contributed by atoms with Gasteiger partial charge >= 0.3 is 0 Å². The Bertz CT molecular complexity index is 760. The van der Waals surface area contributed by atoms with Crippen molar-refractivity contribution in [2.45, 2.75) is 4.90 Å². The van der Waals surface area contributed by atoms with Gasteiger partial charge < -0.3 is 4.74 Å². The summed E-state index contributed by atoms with van der Waals surface area (Å²) in [7, 11) is -2.27. The van der Waals surface area contributed by atoms with E-state index in [2.05, 4.69) is 0 Å². The number of ether oxygens (including phenoxy) is 1. The molecule has 0 saturated carbocycles. The van der Waals surface area contributed by atoms with Crippen molar-refractivity contribution >= 4 is 15.7 Å². The van der Waals surface area contributed by atoms with Crippen molar-refractivity contribution in [1.29, 1.82) is 0 Å². The fourth-order valence-corrected chi connectivity index (χ4v) is 3.00. The fraction of sp³-hybridized carbons (Fsp3) is 0.200. The normalized spacial score (nSPS) is 11.4. The number of likely N-dealkylation sites (N-methyl/N-ethyl adjacent to an activating group) is 1. The molecule has 0 aliphatic heterocycles. The average molecular weight is 336 g/mol. The van der Waals surface area contributed by atoms with Gasteiger partial charge in [0.15, 0.2) is 0 Å². The first-order valence-corrected chi connectivity index (χ1v) is 8.24. The molecule has 0 unspecified atom stereocenters. The number of hydrogen-bond donors (Lipinski definition) is 0. The van der Waals surface area contributed by atoms with Gasteiger partial charge in [0.2, 0.25) is 10.0 Å². The summed E-state index contributed by atoms with van der Waals surface area (Å²) < 4.78 is 31.3. The maximum atomic E-state index is 12.4. The predicted molar refractivity (Wildman–Crippen MR) is 84.8 cm³/mol. The quantitative estimate of drug-likeness (QED) is 0.571. The number of nitro benzene ring substituents is 1. The van der Waals surface area contributed by atoms with E-state index in [0.29, 0.717) is 5.75 Å². The summed E-state index contributed by atoms with van der Waals surface area (Å²) >= 11 is 0. The van der Waals surface area contributed by atoms with Gasteiger partial charge in [0.05, 0.1) is 9.82 Å². The van der Waals surface area contributed by atoms with Gasteiger partial charge in [-0.1, -0.05) is 18.2 Å². The first-order chi connectivity index (χ1) is 10.9. The highest BCUT2D eigenvalue weighted by Crippen LogP contribution is 2.18. The molecular formula is C15H16N2O5S. The highest BCUT2D eigenvalue weighted by molar-refractivity contribution is 7.89. The fourth-order valence-electron chi connectivity index (χ4n) is 1.85. The summed E-state index contributed by atoms with van der Waals surface area (Å²) in [5.41, 5.74) is -0.154. The number of nitrogens with zero attached hydrogens (tertiary/aromatic N) is 2. The second-order valence-corrected chi connectivity index (χ2v) is 6.78. The highest BCUT2D eigenvalue weighted by atomic mass is 32.2. The summed E-state index contributed by atoms with van der Waals surface area (Å²) in [5, 5.41) is 10.6. The van der Waals surface area contributed by atoms with Crippen LogP contribution in [-0.2, 0) is 10.0 Å². The Labute approximate surface area is 134 Å². The molecule has 0 aliphatic rings. The molecule has 0 atom stereocenters. The van der Waals surface area contributed by atoms with Crippen LogP contribution in [0.25, 0.3) is 0 Å². The van der Waals surface area contributed by atoms with E-state index in [0.717, 1.165) is 4.31 Å². The van der Waals surface area contributed by atoms with Gasteiger partial charge in [-0.25, -0.2) is 8.42 Å². The Hall–Kier alpha value is -2.45. The molecule has 0 N–H and O–H groups in total. The number of sulfonamides is 1. The number of benzene rings is 2. The molecule has 2 aromatic carbocycles. The molecular weight excluding hydrogens is 320 g/mol. The SMILES string of the molecule is CN(CCOc1ccccc1)S(=O)(=O)c1ccc([N+](=O)[O-])cc1. The van der Waals surface area contributed by atoms with Crippen molar-refractivity contribution in [2.24, 2.45) is 0 Å². The molecule has 0 aliphatic carbocycles. The molecule has 8 heteroatoms. The zero-order valence-corrected chi connectivity index (χ0v) is 13.3. The Morgan fingerprint density at radius 1 is 1.09 bits per heavy atom. The van der Waals surface area contributed by atoms with Crippen LogP contribution < -0.4 is 4.74 Å². The summed E-state index contributed by atoms with van der Waals surface area (Å²) in [6, 6.07) is 13.9. The van der Waals surface area contributed by atoms with Gasteiger partial charge in [0.1, 0.15) is 12.4 Å². The van der Waals surface area contributed by atoms with E-state index in [-0.39, 0.29) is 23.7 Å². The third-order valence-corrected chi connectivity index (χ3v) is 5.04. The first kappa shape index (κ1) is 16.9. The van der Waals surface area contributed by atoms with Crippen molar-refractivity contribution in [3.05, 3.63) is 64.7 Å². The minimum absolute atomic E-state index is 0.00492. The van der Waals surface area contributed by atoms with E-state index in [1.807, 2.05) is 18.2 Å². The Kier molecular flexibility index (Phi) is 5.30. The molecule has 2 aromatic rings. The van der Waals surface area contributed by atoms with Crippen molar-refractivity contribution in [3.8, 4) is 5.75 Å². The number of non-ortho nitro benzene ring substituents is 1. The maximum Gasteiger partial charge on any atom is 0.269 e. The summed E-state index contributed by atoms with van der Waals surface area (Å²) in [6.07, 6.45) is 0. The van der Waals surface area contributed by atoms with Gasteiger partial charge in [-0.05, 0) is 24.3 Å². The lowest BCUT2D eigenvalue weighted by Gasteiger charge is -2.17. The van der Waals surface area contributed by atoms with Gasteiger partial charge in [-0.15, -0.1) is 0 Å². The first-order valence-electron chi connectivity index (χ1n) is 6.80. The Morgan fingerprint density at radius 3 is 2.26 bits per heavy atom. The summed E-state index contributed by atoms with van der Waals surface area (Å²) in [5.74, 6) is 0.661. The van der Waals surface area contributed by atoms with Crippen molar-refractivity contribution in [1.82, 2.24) is 4.31 Å². The molecule has 0 fully saturated rings. The van der Waals surface area contributed by atoms with E-state index < -0.39 is 14.9 Å². The van der Waals surface area contributed by atoms with E-state index in [1.54, 1.807) is 12.1 Å². The molecule has 2 rings (SSSR count). The minimum atomic E-state index is -3.71. The molecule has 0 spiro atoms. The predicted octanol–water partition coefficient (Wildman–Crippen LogP) is 2.29. The van der Waals surface area contributed by atoms with Gasteiger partial charge in [-0.3, -0.25) is 10.1 Å². The zero-order chi connectivity index (χ0) is 16.9. The molecule has 0 amide bonds. The molecule has 0 aromatic heterocycles. The Balaban J connectivity index is 1.99. The van der Waals surface area contributed by atoms with E-state index in [1.165, 1.54) is 31.3 Å². The van der Waals surface area contributed by atoms with Crippen LogP contribution in [0.1, 0.15) is 0 Å². The molecule has 0 saturated heterocycles. The molecule has 122 valence electrons. The maximum absolute atomic E-state index is 12.4. The third-order valence-electron chi connectivity index (χ3n) is 3.17. The van der Waals surface area contributed by atoms with Crippen molar-refractivity contribution in [3.63, 3.8) is 0 Å². The standard InChI is InChI=1S/C15H16N2O5S/c1-16(11-12-22-14-5-3-2-4-6-14)23(20,21)15-9-7-13(8-10-15)17(18)19/h2-10H,11-12H2,1H3. The zero-order valence-electron chi connectivity index (χ0n) is 12.5. The van der Waals surface area contributed by atoms with Gasteiger partial charge in [0.25, 0.3) is 5.69 Å². The second kappa shape index (κ2) is 7.21. The van der Waals surface area contributed by atoms with Crippen LogP contribution in [0.4, 0.5) is 5.69 Å². The van der Waals surface area contributed by atoms with Crippen molar-refractivity contribution in [2.75, 3.05) is 20.2 Å². The smallest absolute Gasteiger partial charge is 0.269 e. The third kappa shape index (κ3) is 4.27. The molecule has 0 bridgehead atoms. The largest absolute Gasteiger partial charge is 0.492 e. The number of rotatable bonds is 7. The van der Waals surface area contributed by atoms with E-state index in [9.17, 15) is 18.5 Å². The molecule has 0 heterocycles. The van der Waals surface area contributed by atoms with Gasteiger partial charge in [0, 0.05) is 25.7 Å². The van der Waals surface area contributed by atoms with Crippen LogP contribution in [0.2, 0.25) is 0 Å². The highest BCUT2D eigenvalue weighted by Gasteiger charge is 2.21. The van der Waals surface area contributed by atoms with Gasteiger partial charge in [-0.2, -0.15) is 4.31 Å². The lowest BCUT2D eigenvalue weighted by Crippen LogP contribution is -2.31. The summed E-state index contributed by atoms with van der Waals surface area (Å²) in [4.78, 5) is 10.0. The van der Waals surface area contributed by atoms with Crippen LogP contribution >= 0.6 is 0 Å². The second-order valence-electron chi connectivity index (χ2n) is 4.74.